The highest BCUT2D eigenvalue weighted by Crippen LogP contribution is 2.24. The number of hydrogen-bond donors (Lipinski definition) is 1. The van der Waals surface area contributed by atoms with Crippen LogP contribution in [0.5, 0.6) is 5.75 Å². The molecule has 112 valence electrons. The Kier molecular flexibility index (Phi) is 6.52. The maximum Gasteiger partial charge on any atom is 0.223 e. The van der Waals surface area contributed by atoms with Gasteiger partial charge >= 0.3 is 0 Å². The summed E-state index contributed by atoms with van der Waals surface area (Å²) in [6.45, 7) is 6.66. The molecule has 0 bridgehead atoms. The molecule has 0 spiro atoms. The fraction of sp³-hybridized carbons (Fsp3) is 0.562. The van der Waals surface area contributed by atoms with E-state index < -0.39 is 0 Å². The molecule has 0 aliphatic rings. The van der Waals surface area contributed by atoms with E-state index >= 15 is 0 Å². The van der Waals surface area contributed by atoms with Gasteiger partial charge in [-0.1, -0.05) is 12.1 Å². The Balaban J connectivity index is 2.79. The van der Waals surface area contributed by atoms with Gasteiger partial charge in [-0.2, -0.15) is 0 Å². The molecule has 1 amide bonds. The second-order valence-corrected chi connectivity index (χ2v) is 5.15. The van der Waals surface area contributed by atoms with Gasteiger partial charge in [-0.05, 0) is 44.9 Å². The van der Waals surface area contributed by atoms with Crippen LogP contribution in [0.3, 0.4) is 0 Å². The Morgan fingerprint density at radius 2 is 2.10 bits per heavy atom. The van der Waals surface area contributed by atoms with Crippen molar-refractivity contribution in [1.82, 2.24) is 4.90 Å². The predicted molar refractivity (Wildman–Crippen MR) is 81.7 cm³/mol. The van der Waals surface area contributed by atoms with Crippen LogP contribution in [0.15, 0.2) is 24.3 Å². The van der Waals surface area contributed by atoms with Crippen LogP contribution in [0.25, 0.3) is 0 Å². The lowest BCUT2D eigenvalue weighted by Gasteiger charge is -2.29. The van der Waals surface area contributed by atoms with Gasteiger partial charge in [-0.3, -0.25) is 4.79 Å². The fourth-order valence-corrected chi connectivity index (χ4v) is 2.24. The minimum absolute atomic E-state index is 0.0377. The Morgan fingerprint density at radius 3 is 2.65 bits per heavy atom. The van der Waals surface area contributed by atoms with E-state index in [2.05, 4.69) is 0 Å². The molecule has 0 saturated carbocycles. The van der Waals surface area contributed by atoms with Gasteiger partial charge in [0.15, 0.2) is 0 Å². The second kappa shape index (κ2) is 7.90. The van der Waals surface area contributed by atoms with Crippen LogP contribution in [0.2, 0.25) is 0 Å². The number of nitrogens with two attached hydrogens (primary N) is 1. The molecule has 1 aromatic rings. The first-order chi connectivity index (χ1) is 9.49. The van der Waals surface area contributed by atoms with E-state index in [1.807, 2.05) is 49.9 Å². The van der Waals surface area contributed by atoms with Gasteiger partial charge in [-0.15, -0.1) is 0 Å². The van der Waals surface area contributed by atoms with E-state index in [1.54, 1.807) is 7.11 Å². The van der Waals surface area contributed by atoms with Crippen LogP contribution in [0.4, 0.5) is 0 Å². The van der Waals surface area contributed by atoms with Crippen molar-refractivity contribution >= 4 is 5.91 Å². The van der Waals surface area contributed by atoms with Gasteiger partial charge in [0.1, 0.15) is 5.75 Å². The van der Waals surface area contributed by atoms with E-state index in [4.69, 9.17) is 10.5 Å². The Hall–Kier alpha value is -1.55. The molecule has 4 heteroatoms. The van der Waals surface area contributed by atoms with Crippen molar-refractivity contribution in [3.8, 4) is 5.75 Å². The van der Waals surface area contributed by atoms with Crippen molar-refractivity contribution in [2.24, 2.45) is 5.73 Å². The van der Waals surface area contributed by atoms with E-state index in [0.717, 1.165) is 17.7 Å². The summed E-state index contributed by atoms with van der Waals surface area (Å²) in [6.07, 6.45) is 1.22. The third-order valence-electron chi connectivity index (χ3n) is 3.52. The summed E-state index contributed by atoms with van der Waals surface area (Å²) in [4.78, 5) is 14.2. The average molecular weight is 278 g/mol. The second-order valence-electron chi connectivity index (χ2n) is 5.15. The fourth-order valence-electron chi connectivity index (χ4n) is 2.24. The van der Waals surface area contributed by atoms with Gasteiger partial charge in [0.05, 0.1) is 13.2 Å². The van der Waals surface area contributed by atoms with Crippen molar-refractivity contribution in [1.29, 1.82) is 0 Å². The minimum Gasteiger partial charge on any atom is -0.497 e. The maximum atomic E-state index is 12.3. The summed E-state index contributed by atoms with van der Waals surface area (Å²) >= 11 is 0. The molecule has 0 radical (unpaired) electrons. The summed E-state index contributed by atoms with van der Waals surface area (Å²) in [7, 11) is 1.65. The lowest BCUT2D eigenvalue weighted by Crippen LogP contribution is -2.34. The summed E-state index contributed by atoms with van der Waals surface area (Å²) < 4.78 is 5.24. The smallest absolute Gasteiger partial charge is 0.223 e. The monoisotopic (exact) mass is 278 g/mol. The maximum absolute atomic E-state index is 12.3. The van der Waals surface area contributed by atoms with Crippen molar-refractivity contribution in [2.75, 3.05) is 13.7 Å². The Labute approximate surface area is 121 Å². The van der Waals surface area contributed by atoms with Crippen molar-refractivity contribution in [2.45, 2.75) is 45.7 Å². The SMILES string of the molecule is CCN(C(=O)CCC(C)N)C(C)c1cccc(OC)c1. The molecule has 2 N–H and O–H groups in total. The zero-order chi connectivity index (χ0) is 15.1. The zero-order valence-corrected chi connectivity index (χ0v) is 12.9. The van der Waals surface area contributed by atoms with Crippen LogP contribution in [-0.4, -0.2) is 30.5 Å². The third kappa shape index (κ3) is 4.53. The number of nitrogens with zero attached hydrogens (tertiary/aromatic N) is 1. The van der Waals surface area contributed by atoms with Crippen molar-refractivity contribution in [3.05, 3.63) is 29.8 Å². The van der Waals surface area contributed by atoms with E-state index in [0.29, 0.717) is 13.0 Å². The number of carbonyl (C=O) groups is 1. The largest absolute Gasteiger partial charge is 0.497 e. The molecule has 0 aromatic heterocycles. The number of hydrogen-bond acceptors (Lipinski definition) is 3. The van der Waals surface area contributed by atoms with Gasteiger partial charge in [0.25, 0.3) is 0 Å². The first kappa shape index (κ1) is 16.5. The summed E-state index contributed by atoms with van der Waals surface area (Å²) in [6, 6.07) is 7.96. The third-order valence-corrected chi connectivity index (χ3v) is 3.52. The molecule has 0 fully saturated rings. The molecular weight excluding hydrogens is 252 g/mol. The van der Waals surface area contributed by atoms with Crippen LogP contribution in [0.1, 0.15) is 45.2 Å². The highest BCUT2D eigenvalue weighted by atomic mass is 16.5. The lowest BCUT2D eigenvalue weighted by molar-refractivity contribution is -0.133. The molecular formula is C16H26N2O2. The number of rotatable bonds is 7. The van der Waals surface area contributed by atoms with Crippen molar-refractivity contribution < 1.29 is 9.53 Å². The summed E-state index contributed by atoms with van der Waals surface area (Å²) in [5.41, 5.74) is 6.80. The molecule has 1 rings (SSSR count). The van der Waals surface area contributed by atoms with Crippen LogP contribution in [-0.2, 0) is 4.79 Å². The predicted octanol–water partition coefficient (Wildman–Crippen LogP) is 2.73. The highest BCUT2D eigenvalue weighted by Gasteiger charge is 2.20. The number of benzene rings is 1. The van der Waals surface area contributed by atoms with Gasteiger partial charge in [0.2, 0.25) is 5.91 Å². The van der Waals surface area contributed by atoms with Gasteiger partial charge in [0, 0.05) is 19.0 Å². The first-order valence-corrected chi connectivity index (χ1v) is 7.18. The molecule has 0 saturated heterocycles. The first-order valence-electron chi connectivity index (χ1n) is 7.18. The molecule has 4 nitrogen and oxygen atoms in total. The van der Waals surface area contributed by atoms with Crippen molar-refractivity contribution in [3.63, 3.8) is 0 Å². The van der Waals surface area contributed by atoms with E-state index in [-0.39, 0.29) is 18.0 Å². The van der Waals surface area contributed by atoms with Gasteiger partial charge < -0.3 is 15.4 Å². The van der Waals surface area contributed by atoms with Crippen LogP contribution in [0, 0.1) is 0 Å². The molecule has 2 unspecified atom stereocenters. The van der Waals surface area contributed by atoms with Crippen LogP contribution < -0.4 is 10.5 Å². The topological polar surface area (TPSA) is 55.6 Å². The Bertz CT molecular complexity index is 432. The quantitative estimate of drug-likeness (QED) is 0.834. The van der Waals surface area contributed by atoms with Crippen LogP contribution >= 0.6 is 0 Å². The summed E-state index contributed by atoms with van der Waals surface area (Å²) in [5.74, 6) is 0.966. The molecule has 0 aliphatic heterocycles. The molecule has 1 aromatic carbocycles. The number of ether oxygens (including phenoxy) is 1. The zero-order valence-electron chi connectivity index (χ0n) is 12.9. The number of methoxy groups -OCH3 is 1. The number of carbonyl (C=O) groups excluding carboxylic acids is 1. The average Bonchev–Trinajstić information content (AvgIpc) is 2.45. The highest BCUT2D eigenvalue weighted by molar-refractivity contribution is 5.76. The Morgan fingerprint density at radius 1 is 1.40 bits per heavy atom. The van der Waals surface area contributed by atoms with E-state index in [9.17, 15) is 4.79 Å². The standard InChI is InChI=1S/C16H26N2O2/c1-5-18(16(19)10-9-12(2)17)13(3)14-7-6-8-15(11-14)20-4/h6-8,11-13H,5,9-10,17H2,1-4H3. The normalized spacial score (nSPS) is 13.7. The molecule has 2 atom stereocenters. The summed E-state index contributed by atoms with van der Waals surface area (Å²) in [5, 5.41) is 0. The van der Waals surface area contributed by atoms with Gasteiger partial charge in [-0.25, -0.2) is 0 Å². The lowest BCUT2D eigenvalue weighted by atomic mass is 10.1. The molecule has 20 heavy (non-hydrogen) atoms. The molecule has 0 heterocycles. The number of amides is 1. The van der Waals surface area contributed by atoms with E-state index in [1.165, 1.54) is 0 Å². The minimum atomic E-state index is 0.0377. The molecule has 0 aliphatic carbocycles.